The number of fused-ring (bicyclic) bond motifs is 1. The number of aryl methyl sites for hydroxylation is 1. The molecule has 11 heteroatoms. The van der Waals surface area contributed by atoms with Crippen LogP contribution in [0.4, 0.5) is 10.1 Å². The molecule has 190 valence electrons. The zero-order chi connectivity index (χ0) is 26.5. The van der Waals surface area contributed by atoms with E-state index in [4.69, 9.17) is 4.74 Å². The van der Waals surface area contributed by atoms with E-state index in [0.29, 0.717) is 33.2 Å². The summed E-state index contributed by atoms with van der Waals surface area (Å²) in [5.41, 5.74) is 0.530. The van der Waals surface area contributed by atoms with Crippen molar-refractivity contribution in [2.45, 2.75) is 32.8 Å². The molecule has 0 atom stereocenters. The molecule has 0 saturated heterocycles. The molecule has 4 rings (SSSR count). The van der Waals surface area contributed by atoms with Gasteiger partial charge in [0.05, 0.1) is 26.5 Å². The molecule has 0 N–H and O–H groups in total. The van der Waals surface area contributed by atoms with Gasteiger partial charge in [-0.15, -0.1) is 0 Å². The van der Waals surface area contributed by atoms with Crippen LogP contribution in [0.3, 0.4) is 0 Å². The van der Waals surface area contributed by atoms with Crippen LogP contribution < -0.4 is 10.3 Å². The topological polar surface area (TPSA) is 99.6 Å². The summed E-state index contributed by atoms with van der Waals surface area (Å²) in [5.74, 6) is -0.00914. The fraction of sp³-hybridized carbons (Fsp3) is 0.192. The molecule has 0 aliphatic rings. The molecule has 0 aliphatic carbocycles. The van der Waals surface area contributed by atoms with E-state index in [2.05, 4.69) is 41.9 Å². The van der Waals surface area contributed by atoms with Crippen LogP contribution in [0.2, 0.25) is 0 Å². The van der Waals surface area contributed by atoms with Crippen LogP contribution in [0, 0.1) is 15.9 Å². The second-order valence-corrected chi connectivity index (χ2v) is 9.91. The van der Waals surface area contributed by atoms with Gasteiger partial charge in [0.2, 0.25) is 5.75 Å². The summed E-state index contributed by atoms with van der Waals surface area (Å²) < 4.78 is 21.8. The Hall–Kier alpha value is -3.44. The molecule has 1 aromatic heterocycles. The number of benzene rings is 3. The largest absolute Gasteiger partial charge is 0.481 e. The van der Waals surface area contributed by atoms with Crippen molar-refractivity contribution in [3.63, 3.8) is 0 Å². The van der Waals surface area contributed by atoms with E-state index in [1.165, 1.54) is 23.0 Å². The van der Waals surface area contributed by atoms with Crippen molar-refractivity contribution >= 4 is 54.7 Å². The lowest BCUT2D eigenvalue weighted by Crippen LogP contribution is -2.22. The standard InChI is InChI=1S/C26H21Br2FN4O4/c1-2-3-8-24-31-22-10-9-18(27)13-19(22)26(34)32(24)30-14-16-11-20(28)25(23(12-16)33(35)36)37-15-17-6-4-5-7-21(17)29/h4-7,9-14H,2-3,8,15H2,1H3. The van der Waals surface area contributed by atoms with E-state index in [0.717, 1.165) is 17.3 Å². The van der Waals surface area contributed by atoms with Gasteiger partial charge in [0.1, 0.15) is 18.2 Å². The number of hydrogen-bond donors (Lipinski definition) is 0. The lowest BCUT2D eigenvalue weighted by molar-refractivity contribution is -0.386. The maximum atomic E-state index is 14.0. The number of unbranched alkanes of at least 4 members (excludes halogenated alkanes) is 1. The smallest absolute Gasteiger partial charge is 0.312 e. The Morgan fingerprint density at radius 3 is 2.70 bits per heavy atom. The first-order chi connectivity index (χ1) is 17.8. The first kappa shape index (κ1) is 26.6. The summed E-state index contributed by atoms with van der Waals surface area (Å²) in [7, 11) is 0. The molecule has 0 spiro atoms. The fourth-order valence-electron chi connectivity index (χ4n) is 3.65. The molecule has 0 fully saturated rings. The van der Waals surface area contributed by atoms with E-state index in [-0.39, 0.29) is 29.2 Å². The molecular formula is C26H21Br2FN4O4. The van der Waals surface area contributed by atoms with Crippen LogP contribution in [-0.2, 0) is 13.0 Å². The van der Waals surface area contributed by atoms with Crippen molar-refractivity contribution in [2.75, 3.05) is 0 Å². The van der Waals surface area contributed by atoms with E-state index in [1.54, 1.807) is 36.4 Å². The van der Waals surface area contributed by atoms with E-state index in [1.807, 2.05) is 13.0 Å². The Bertz CT molecular complexity index is 1570. The van der Waals surface area contributed by atoms with Crippen molar-refractivity contribution in [3.8, 4) is 5.75 Å². The first-order valence-electron chi connectivity index (χ1n) is 11.4. The summed E-state index contributed by atoms with van der Waals surface area (Å²) in [6, 6.07) is 14.2. The molecule has 0 saturated carbocycles. The predicted molar refractivity (Wildman–Crippen MR) is 147 cm³/mol. The lowest BCUT2D eigenvalue weighted by Gasteiger charge is -2.11. The first-order valence-corrected chi connectivity index (χ1v) is 13.0. The molecule has 37 heavy (non-hydrogen) atoms. The van der Waals surface area contributed by atoms with Crippen LogP contribution in [0.5, 0.6) is 5.75 Å². The second-order valence-electron chi connectivity index (χ2n) is 8.14. The minimum atomic E-state index is -0.591. The van der Waals surface area contributed by atoms with Gasteiger partial charge in [-0.1, -0.05) is 47.5 Å². The van der Waals surface area contributed by atoms with Crippen molar-refractivity contribution in [2.24, 2.45) is 5.10 Å². The van der Waals surface area contributed by atoms with Crippen molar-refractivity contribution in [1.29, 1.82) is 0 Å². The van der Waals surface area contributed by atoms with Gasteiger partial charge in [-0.05, 0) is 52.7 Å². The highest BCUT2D eigenvalue weighted by Gasteiger charge is 2.21. The molecule has 0 bridgehead atoms. The van der Waals surface area contributed by atoms with Crippen molar-refractivity contribution in [3.05, 3.63) is 107 Å². The average molecular weight is 632 g/mol. The van der Waals surface area contributed by atoms with Crippen LogP contribution in [-0.4, -0.2) is 20.8 Å². The third kappa shape index (κ3) is 6.11. The molecule has 0 amide bonds. The fourth-order valence-corrected chi connectivity index (χ4v) is 4.60. The number of aromatic nitrogens is 2. The second kappa shape index (κ2) is 11.7. The molecule has 0 unspecified atom stereocenters. The van der Waals surface area contributed by atoms with Crippen molar-refractivity contribution < 1.29 is 14.1 Å². The summed E-state index contributed by atoms with van der Waals surface area (Å²) in [4.78, 5) is 29.1. The lowest BCUT2D eigenvalue weighted by atomic mass is 10.2. The van der Waals surface area contributed by atoms with Gasteiger partial charge in [-0.25, -0.2) is 9.37 Å². The predicted octanol–water partition coefficient (Wildman–Crippen LogP) is 6.77. The van der Waals surface area contributed by atoms with Crippen molar-refractivity contribution in [1.82, 2.24) is 9.66 Å². The quantitative estimate of drug-likeness (QED) is 0.115. The average Bonchev–Trinajstić information content (AvgIpc) is 2.87. The highest BCUT2D eigenvalue weighted by atomic mass is 79.9. The molecule has 0 radical (unpaired) electrons. The molecule has 4 aromatic rings. The number of rotatable bonds is 9. The highest BCUT2D eigenvalue weighted by molar-refractivity contribution is 9.10. The molecule has 0 aliphatic heterocycles. The number of nitro groups is 1. The summed E-state index contributed by atoms with van der Waals surface area (Å²) in [5, 5.41) is 16.6. The SMILES string of the molecule is CCCCc1nc2ccc(Br)cc2c(=O)n1N=Cc1cc(Br)c(OCc2ccccc2F)c([N+](=O)[O-])c1. The zero-order valence-corrected chi connectivity index (χ0v) is 22.8. The maximum absolute atomic E-state index is 14.0. The van der Waals surface area contributed by atoms with Crippen LogP contribution in [0.1, 0.15) is 36.7 Å². The number of hydrogen-bond acceptors (Lipinski definition) is 6. The Kier molecular flexibility index (Phi) is 8.45. The van der Waals surface area contributed by atoms with E-state index < -0.39 is 10.7 Å². The van der Waals surface area contributed by atoms with Gasteiger partial charge >= 0.3 is 5.69 Å². The van der Waals surface area contributed by atoms with Gasteiger partial charge in [0, 0.05) is 28.1 Å². The zero-order valence-electron chi connectivity index (χ0n) is 19.7. The normalized spacial score (nSPS) is 11.4. The van der Waals surface area contributed by atoms with Crippen LogP contribution >= 0.6 is 31.9 Å². The molecule has 1 heterocycles. The Morgan fingerprint density at radius 2 is 1.97 bits per heavy atom. The molecular weight excluding hydrogens is 611 g/mol. The monoisotopic (exact) mass is 630 g/mol. The highest BCUT2D eigenvalue weighted by Crippen LogP contribution is 2.36. The number of halogens is 3. The Balaban J connectivity index is 1.72. The number of nitrogens with zero attached hydrogens (tertiary/aromatic N) is 4. The van der Waals surface area contributed by atoms with Crippen LogP contribution in [0.25, 0.3) is 10.9 Å². The van der Waals surface area contributed by atoms with Gasteiger partial charge in [-0.2, -0.15) is 9.78 Å². The Labute approximate surface area is 228 Å². The van der Waals surface area contributed by atoms with Crippen LogP contribution in [0.15, 0.2) is 73.4 Å². The van der Waals surface area contributed by atoms with E-state index >= 15 is 0 Å². The summed E-state index contributed by atoms with van der Waals surface area (Å²) >= 11 is 6.70. The van der Waals surface area contributed by atoms with Gasteiger partial charge in [-0.3, -0.25) is 14.9 Å². The minimum Gasteiger partial charge on any atom is -0.481 e. The molecule has 3 aromatic carbocycles. The molecule has 8 nitrogen and oxygen atoms in total. The number of nitro benzene ring substituents is 1. The Morgan fingerprint density at radius 1 is 1.19 bits per heavy atom. The van der Waals surface area contributed by atoms with Gasteiger partial charge < -0.3 is 4.74 Å². The number of ether oxygens (including phenoxy) is 1. The summed E-state index contributed by atoms with van der Waals surface area (Å²) in [6.45, 7) is 1.85. The minimum absolute atomic E-state index is 0.0385. The third-order valence-electron chi connectivity index (χ3n) is 5.52. The van der Waals surface area contributed by atoms with E-state index in [9.17, 15) is 19.3 Å². The summed E-state index contributed by atoms with van der Waals surface area (Å²) in [6.07, 6.45) is 3.63. The maximum Gasteiger partial charge on any atom is 0.312 e. The van der Waals surface area contributed by atoms with Gasteiger partial charge in [0.25, 0.3) is 5.56 Å². The van der Waals surface area contributed by atoms with Gasteiger partial charge in [0.15, 0.2) is 0 Å². The third-order valence-corrected chi connectivity index (χ3v) is 6.61.